The highest BCUT2D eigenvalue weighted by molar-refractivity contribution is 7.15. The standard InChI is InChI=1S/C21H22N4O4S/c26-18(16-6-3-11-29-16)23-21-22-15-7-8-24(12-17(15)30-21)9-10-25-19(27)13-4-1-2-5-14(13)20(25)28/h1-2,4-5,16H,3,6-12H2,(H,22,23,26). The van der Waals surface area contributed by atoms with E-state index in [2.05, 4.69) is 15.2 Å². The fraction of sp³-hybridized carbons (Fsp3) is 0.429. The van der Waals surface area contributed by atoms with Crippen molar-refractivity contribution >= 4 is 34.2 Å². The van der Waals surface area contributed by atoms with E-state index in [0.717, 1.165) is 36.4 Å². The zero-order valence-corrected chi connectivity index (χ0v) is 17.2. The average molecular weight is 426 g/mol. The third-order valence-electron chi connectivity index (χ3n) is 5.78. The number of thiazole rings is 1. The number of hydrogen-bond donors (Lipinski definition) is 1. The highest BCUT2D eigenvalue weighted by Gasteiger charge is 2.35. The van der Waals surface area contributed by atoms with E-state index in [4.69, 9.17) is 4.74 Å². The van der Waals surface area contributed by atoms with Crippen molar-refractivity contribution in [2.45, 2.75) is 31.9 Å². The Balaban J connectivity index is 1.19. The Morgan fingerprint density at radius 1 is 1.20 bits per heavy atom. The molecule has 1 saturated heterocycles. The van der Waals surface area contributed by atoms with E-state index >= 15 is 0 Å². The molecule has 8 nitrogen and oxygen atoms in total. The summed E-state index contributed by atoms with van der Waals surface area (Å²) in [4.78, 5) is 46.5. The maximum absolute atomic E-state index is 12.5. The van der Waals surface area contributed by atoms with Gasteiger partial charge in [-0.25, -0.2) is 4.98 Å². The van der Waals surface area contributed by atoms with Crippen molar-refractivity contribution in [1.29, 1.82) is 0 Å². The summed E-state index contributed by atoms with van der Waals surface area (Å²) in [5.41, 5.74) is 1.98. The van der Waals surface area contributed by atoms with Crippen LogP contribution >= 0.6 is 11.3 Å². The van der Waals surface area contributed by atoms with E-state index in [1.165, 1.54) is 16.2 Å². The molecule has 0 radical (unpaired) electrons. The first-order chi connectivity index (χ1) is 14.6. The predicted octanol–water partition coefficient (Wildman–Crippen LogP) is 1.91. The maximum Gasteiger partial charge on any atom is 0.261 e. The van der Waals surface area contributed by atoms with Crippen LogP contribution in [0.1, 0.15) is 44.1 Å². The fourth-order valence-electron chi connectivity index (χ4n) is 4.15. The molecule has 1 N–H and O–H groups in total. The Morgan fingerprint density at radius 2 is 1.97 bits per heavy atom. The summed E-state index contributed by atoms with van der Waals surface area (Å²) in [6.07, 6.45) is 2.07. The number of fused-ring (bicyclic) bond motifs is 2. The van der Waals surface area contributed by atoms with Gasteiger partial charge < -0.3 is 4.74 Å². The van der Waals surface area contributed by atoms with Gasteiger partial charge in [0.2, 0.25) is 0 Å². The Morgan fingerprint density at radius 3 is 2.67 bits per heavy atom. The molecule has 1 atom stereocenters. The minimum absolute atomic E-state index is 0.124. The third kappa shape index (κ3) is 3.53. The van der Waals surface area contributed by atoms with E-state index in [1.54, 1.807) is 24.3 Å². The van der Waals surface area contributed by atoms with Crippen molar-refractivity contribution in [3.63, 3.8) is 0 Å². The average Bonchev–Trinajstić information content (AvgIpc) is 3.47. The van der Waals surface area contributed by atoms with E-state index < -0.39 is 0 Å². The van der Waals surface area contributed by atoms with Crippen molar-refractivity contribution in [2.75, 3.05) is 31.6 Å². The number of rotatable bonds is 5. The number of nitrogens with zero attached hydrogens (tertiary/aromatic N) is 3. The number of nitrogens with one attached hydrogen (secondary N) is 1. The second-order valence-electron chi connectivity index (χ2n) is 7.71. The van der Waals surface area contributed by atoms with Crippen molar-refractivity contribution in [3.8, 4) is 0 Å². The normalized spacial score (nSPS) is 21.1. The minimum Gasteiger partial charge on any atom is -0.368 e. The molecule has 1 fully saturated rings. The number of amides is 3. The van der Waals surface area contributed by atoms with Crippen LogP contribution in [0.15, 0.2) is 24.3 Å². The van der Waals surface area contributed by atoms with Gasteiger partial charge in [-0.05, 0) is 25.0 Å². The van der Waals surface area contributed by atoms with Gasteiger partial charge in [-0.15, -0.1) is 11.3 Å². The van der Waals surface area contributed by atoms with Gasteiger partial charge in [0.25, 0.3) is 17.7 Å². The van der Waals surface area contributed by atoms with Crippen LogP contribution in [0.5, 0.6) is 0 Å². The molecule has 9 heteroatoms. The lowest BCUT2D eigenvalue weighted by molar-refractivity contribution is -0.124. The van der Waals surface area contributed by atoms with E-state index in [-0.39, 0.29) is 23.8 Å². The monoisotopic (exact) mass is 426 g/mol. The smallest absolute Gasteiger partial charge is 0.261 e. The largest absolute Gasteiger partial charge is 0.368 e. The van der Waals surface area contributed by atoms with E-state index in [9.17, 15) is 14.4 Å². The molecule has 156 valence electrons. The Hall–Kier alpha value is -2.62. The van der Waals surface area contributed by atoms with Crippen LogP contribution in [0.3, 0.4) is 0 Å². The highest BCUT2D eigenvalue weighted by atomic mass is 32.1. The van der Waals surface area contributed by atoms with Gasteiger partial charge in [0.15, 0.2) is 5.13 Å². The topological polar surface area (TPSA) is 91.8 Å². The summed E-state index contributed by atoms with van der Waals surface area (Å²) in [6.45, 7) is 3.11. The van der Waals surface area contributed by atoms with Gasteiger partial charge in [-0.1, -0.05) is 12.1 Å². The van der Waals surface area contributed by atoms with Crippen molar-refractivity contribution in [3.05, 3.63) is 46.0 Å². The molecule has 0 spiro atoms. The minimum atomic E-state index is -0.373. The first-order valence-corrected chi connectivity index (χ1v) is 11.0. The van der Waals surface area contributed by atoms with Crippen molar-refractivity contribution in [2.24, 2.45) is 0 Å². The van der Waals surface area contributed by atoms with Crippen LogP contribution in [0.25, 0.3) is 0 Å². The molecule has 3 amide bonds. The molecule has 5 rings (SSSR count). The summed E-state index contributed by atoms with van der Waals surface area (Å²) in [5, 5.41) is 3.50. The quantitative estimate of drug-likeness (QED) is 0.735. The summed E-state index contributed by atoms with van der Waals surface area (Å²) in [6, 6.07) is 6.95. The maximum atomic E-state index is 12.5. The third-order valence-corrected chi connectivity index (χ3v) is 6.78. The number of aromatic nitrogens is 1. The molecule has 0 bridgehead atoms. The molecule has 2 aromatic rings. The van der Waals surface area contributed by atoms with E-state index in [0.29, 0.717) is 42.5 Å². The Bertz CT molecular complexity index is 979. The van der Waals surface area contributed by atoms with Crippen LogP contribution in [0.4, 0.5) is 5.13 Å². The number of carbonyl (C=O) groups excluding carboxylic acids is 3. The van der Waals surface area contributed by atoms with Gasteiger partial charge >= 0.3 is 0 Å². The molecule has 4 heterocycles. The molecule has 1 aromatic carbocycles. The second kappa shape index (κ2) is 7.90. The SMILES string of the molecule is O=C(Nc1nc2c(s1)CN(CCN1C(=O)c3ccccc3C1=O)CC2)C1CCCO1. The van der Waals surface area contributed by atoms with Gasteiger partial charge in [-0.3, -0.25) is 29.5 Å². The number of anilines is 1. The van der Waals surface area contributed by atoms with Gasteiger partial charge in [0, 0.05) is 44.1 Å². The molecule has 0 saturated carbocycles. The van der Waals surface area contributed by atoms with Crippen LogP contribution < -0.4 is 5.32 Å². The van der Waals surface area contributed by atoms with Crippen LogP contribution in [0.2, 0.25) is 0 Å². The molecule has 1 unspecified atom stereocenters. The van der Waals surface area contributed by atoms with Crippen LogP contribution in [-0.4, -0.2) is 64.9 Å². The lowest BCUT2D eigenvalue weighted by Crippen LogP contribution is -2.40. The molecule has 1 aromatic heterocycles. The molecular weight excluding hydrogens is 404 g/mol. The molecule has 3 aliphatic rings. The summed E-state index contributed by atoms with van der Waals surface area (Å²) < 4.78 is 5.42. The number of hydrogen-bond acceptors (Lipinski definition) is 7. The first-order valence-electron chi connectivity index (χ1n) is 10.2. The zero-order valence-electron chi connectivity index (χ0n) is 16.4. The zero-order chi connectivity index (χ0) is 20.7. The van der Waals surface area contributed by atoms with Gasteiger partial charge in [0.1, 0.15) is 6.10 Å². The highest BCUT2D eigenvalue weighted by Crippen LogP contribution is 2.29. The Kier molecular flexibility index (Phi) is 5.10. The summed E-state index contributed by atoms with van der Waals surface area (Å²) >= 11 is 1.49. The van der Waals surface area contributed by atoms with Crippen LogP contribution in [0, 0.1) is 0 Å². The summed E-state index contributed by atoms with van der Waals surface area (Å²) in [5.74, 6) is -0.559. The number of benzene rings is 1. The Labute approximate surface area is 177 Å². The fourth-order valence-corrected chi connectivity index (χ4v) is 5.20. The van der Waals surface area contributed by atoms with Gasteiger partial charge in [-0.2, -0.15) is 0 Å². The lowest BCUT2D eigenvalue weighted by Gasteiger charge is -2.27. The molecule has 0 aliphatic carbocycles. The summed E-state index contributed by atoms with van der Waals surface area (Å²) in [7, 11) is 0. The number of ether oxygens (including phenoxy) is 1. The van der Waals surface area contributed by atoms with Gasteiger partial charge in [0.05, 0.1) is 16.8 Å². The van der Waals surface area contributed by atoms with E-state index in [1.807, 2.05) is 0 Å². The molecule has 30 heavy (non-hydrogen) atoms. The molecule has 3 aliphatic heterocycles. The van der Waals surface area contributed by atoms with Crippen molar-refractivity contribution in [1.82, 2.24) is 14.8 Å². The second-order valence-corrected chi connectivity index (χ2v) is 8.80. The van der Waals surface area contributed by atoms with Crippen LogP contribution in [-0.2, 0) is 22.5 Å². The number of imide groups is 1. The lowest BCUT2D eigenvalue weighted by atomic mass is 10.1. The molecular formula is C21H22N4O4S. The van der Waals surface area contributed by atoms with Crippen molar-refractivity contribution < 1.29 is 19.1 Å². The predicted molar refractivity (Wildman–Crippen MR) is 111 cm³/mol. The number of carbonyl (C=O) groups is 3. The first kappa shape index (κ1) is 19.3.